The van der Waals surface area contributed by atoms with Gasteiger partial charge in [0.1, 0.15) is 12.1 Å². The molecule has 1 amide bonds. The number of aromatic nitrogens is 2. The van der Waals surface area contributed by atoms with Gasteiger partial charge in [-0.25, -0.2) is 9.97 Å². The van der Waals surface area contributed by atoms with E-state index in [-0.39, 0.29) is 5.91 Å². The average Bonchev–Trinajstić information content (AvgIpc) is 2.77. The maximum Gasteiger partial charge on any atom is 0.251 e. The van der Waals surface area contributed by atoms with Gasteiger partial charge in [-0.1, -0.05) is 38.1 Å². The van der Waals surface area contributed by atoms with Gasteiger partial charge < -0.3 is 15.0 Å². The molecule has 2 heterocycles. The minimum atomic E-state index is -0.100. The summed E-state index contributed by atoms with van der Waals surface area (Å²) in [5.74, 6) is 1.26. The Bertz CT molecular complexity index is 995. The minimum absolute atomic E-state index is 0.100. The molecule has 1 aliphatic rings. The van der Waals surface area contributed by atoms with Crippen LogP contribution in [0.4, 0.5) is 5.82 Å². The van der Waals surface area contributed by atoms with Gasteiger partial charge in [0.2, 0.25) is 0 Å². The molecule has 150 valence electrons. The lowest BCUT2D eigenvalue weighted by Gasteiger charge is -2.28. The van der Waals surface area contributed by atoms with E-state index in [2.05, 4.69) is 58.3 Å². The van der Waals surface area contributed by atoms with Gasteiger partial charge in [0.05, 0.1) is 18.7 Å². The fourth-order valence-electron chi connectivity index (χ4n) is 3.52. The van der Waals surface area contributed by atoms with E-state index in [0.717, 1.165) is 35.4 Å². The highest BCUT2D eigenvalue weighted by Crippen LogP contribution is 2.25. The van der Waals surface area contributed by atoms with E-state index in [4.69, 9.17) is 4.74 Å². The van der Waals surface area contributed by atoms with Gasteiger partial charge in [0, 0.05) is 30.6 Å². The van der Waals surface area contributed by atoms with Crippen molar-refractivity contribution in [3.05, 3.63) is 65.5 Å². The van der Waals surface area contributed by atoms with Crippen molar-refractivity contribution in [2.45, 2.75) is 26.3 Å². The monoisotopic (exact) mass is 390 g/mol. The first-order valence-corrected chi connectivity index (χ1v) is 10.1. The molecule has 2 aromatic carbocycles. The largest absolute Gasteiger partial charge is 0.378 e. The third-order valence-electron chi connectivity index (χ3n) is 5.29. The summed E-state index contributed by atoms with van der Waals surface area (Å²) in [5, 5.41) is 3.91. The van der Waals surface area contributed by atoms with E-state index in [1.54, 1.807) is 6.33 Å². The predicted octanol–water partition coefficient (Wildman–Crippen LogP) is 3.52. The summed E-state index contributed by atoms with van der Waals surface area (Å²) >= 11 is 0. The summed E-state index contributed by atoms with van der Waals surface area (Å²) < 4.78 is 5.44. The Balaban J connectivity index is 1.51. The number of hydrogen-bond donors (Lipinski definition) is 1. The number of nitrogens with zero attached hydrogens (tertiary/aromatic N) is 3. The first-order chi connectivity index (χ1) is 14.1. The first kappa shape index (κ1) is 19.3. The van der Waals surface area contributed by atoms with Crippen molar-refractivity contribution in [2.75, 3.05) is 31.2 Å². The van der Waals surface area contributed by atoms with Crippen LogP contribution in [-0.4, -0.2) is 42.2 Å². The Hall–Kier alpha value is -2.99. The molecule has 6 nitrogen and oxygen atoms in total. The van der Waals surface area contributed by atoms with Crippen molar-refractivity contribution < 1.29 is 9.53 Å². The van der Waals surface area contributed by atoms with Crippen LogP contribution in [0.5, 0.6) is 0 Å². The van der Waals surface area contributed by atoms with Crippen LogP contribution in [0.2, 0.25) is 0 Å². The Kier molecular flexibility index (Phi) is 5.71. The molecule has 0 saturated carbocycles. The Morgan fingerprint density at radius 3 is 2.59 bits per heavy atom. The van der Waals surface area contributed by atoms with Crippen molar-refractivity contribution in [3.63, 3.8) is 0 Å². The van der Waals surface area contributed by atoms with Crippen LogP contribution in [0.25, 0.3) is 10.9 Å². The second-order valence-electron chi connectivity index (χ2n) is 7.61. The van der Waals surface area contributed by atoms with Crippen molar-refractivity contribution in [1.82, 2.24) is 15.3 Å². The summed E-state index contributed by atoms with van der Waals surface area (Å²) in [5.41, 5.74) is 3.83. The zero-order chi connectivity index (χ0) is 20.2. The number of anilines is 1. The van der Waals surface area contributed by atoms with E-state index in [1.165, 1.54) is 5.56 Å². The number of carbonyl (C=O) groups excluding carboxylic acids is 1. The van der Waals surface area contributed by atoms with Crippen LogP contribution in [0.15, 0.2) is 48.8 Å². The number of benzene rings is 2. The molecule has 0 radical (unpaired) electrons. The molecular formula is C23H26N4O2. The van der Waals surface area contributed by atoms with Gasteiger partial charge in [0.15, 0.2) is 0 Å². The second kappa shape index (κ2) is 8.57. The Morgan fingerprint density at radius 1 is 1.10 bits per heavy atom. The Morgan fingerprint density at radius 2 is 1.86 bits per heavy atom. The quantitative estimate of drug-likeness (QED) is 0.722. The lowest BCUT2D eigenvalue weighted by atomic mass is 10.0. The van der Waals surface area contributed by atoms with E-state index in [1.807, 2.05) is 18.2 Å². The van der Waals surface area contributed by atoms with Gasteiger partial charge in [-0.3, -0.25) is 4.79 Å². The molecule has 6 heteroatoms. The number of morpholine rings is 1. The topological polar surface area (TPSA) is 67.4 Å². The lowest BCUT2D eigenvalue weighted by molar-refractivity contribution is 0.0951. The zero-order valence-electron chi connectivity index (χ0n) is 16.9. The van der Waals surface area contributed by atoms with Crippen LogP contribution < -0.4 is 10.2 Å². The summed E-state index contributed by atoms with van der Waals surface area (Å²) in [7, 11) is 0. The van der Waals surface area contributed by atoms with Gasteiger partial charge in [-0.05, 0) is 35.2 Å². The number of nitrogens with one attached hydrogen (secondary N) is 1. The second-order valence-corrected chi connectivity index (χ2v) is 7.61. The number of fused-ring (bicyclic) bond motifs is 1. The zero-order valence-corrected chi connectivity index (χ0v) is 16.9. The summed E-state index contributed by atoms with van der Waals surface area (Å²) in [6.45, 7) is 7.78. The standard InChI is InChI=1S/C23H26N4O2/c1-16(2)18-5-3-17(4-6-18)14-24-23(28)19-7-8-21-20(13-19)22(26-15-25-21)27-9-11-29-12-10-27/h3-8,13,15-16H,9-12,14H2,1-2H3,(H,24,28). The molecule has 1 N–H and O–H groups in total. The predicted molar refractivity (Wildman–Crippen MR) is 114 cm³/mol. The van der Waals surface area contributed by atoms with E-state index >= 15 is 0 Å². The number of amides is 1. The molecule has 29 heavy (non-hydrogen) atoms. The third kappa shape index (κ3) is 4.38. The van der Waals surface area contributed by atoms with Gasteiger partial charge in [0.25, 0.3) is 5.91 Å². The number of carbonyl (C=O) groups is 1. The molecule has 4 rings (SSSR count). The van der Waals surface area contributed by atoms with Crippen LogP contribution in [-0.2, 0) is 11.3 Å². The van der Waals surface area contributed by atoms with Gasteiger partial charge in [-0.15, -0.1) is 0 Å². The molecule has 3 aromatic rings. The Labute approximate surface area is 170 Å². The molecule has 1 fully saturated rings. The van der Waals surface area contributed by atoms with Crippen molar-refractivity contribution in [2.24, 2.45) is 0 Å². The molecule has 0 unspecified atom stereocenters. The van der Waals surface area contributed by atoms with Gasteiger partial charge in [-0.2, -0.15) is 0 Å². The van der Waals surface area contributed by atoms with Crippen LogP contribution in [0.1, 0.15) is 41.3 Å². The number of rotatable bonds is 5. The van der Waals surface area contributed by atoms with Gasteiger partial charge >= 0.3 is 0 Å². The summed E-state index contributed by atoms with van der Waals surface area (Å²) in [6, 6.07) is 14.0. The van der Waals surface area contributed by atoms with Crippen LogP contribution in [0.3, 0.4) is 0 Å². The number of hydrogen-bond acceptors (Lipinski definition) is 5. The molecular weight excluding hydrogens is 364 g/mol. The molecule has 0 spiro atoms. The molecule has 1 aliphatic heterocycles. The highest BCUT2D eigenvalue weighted by Gasteiger charge is 2.17. The van der Waals surface area contributed by atoms with Crippen molar-refractivity contribution in [3.8, 4) is 0 Å². The highest BCUT2D eigenvalue weighted by molar-refractivity contribution is 6.00. The minimum Gasteiger partial charge on any atom is -0.378 e. The maximum absolute atomic E-state index is 12.7. The SMILES string of the molecule is CC(C)c1ccc(CNC(=O)c2ccc3ncnc(N4CCOCC4)c3c2)cc1. The normalized spacial score (nSPS) is 14.4. The number of ether oxygens (including phenoxy) is 1. The maximum atomic E-state index is 12.7. The van der Waals surface area contributed by atoms with Crippen LogP contribution in [0, 0.1) is 0 Å². The fourth-order valence-corrected chi connectivity index (χ4v) is 3.52. The van der Waals surface area contributed by atoms with E-state index < -0.39 is 0 Å². The van der Waals surface area contributed by atoms with Crippen LogP contribution >= 0.6 is 0 Å². The van der Waals surface area contributed by atoms with E-state index in [0.29, 0.717) is 31.2 Å². The summed E-state index contributed by atoms with van der Waals surface area (Å²) in [6.07, 6.45) is 1.58. The lowest BCUT2D eigenvalue weighted by Crippen LogP contribution is -2.36. The van der Waals surface area contributed by atoms with E-state index in [9.17, 15) is 4.79 Å². The molecule has 0 bridgehead atoms. The average molecular weight is 390 g/mol. The smallest absolute Gasteiger partial charge is 0.251 e. The summed E-state index contributed by atoms with van der Waals surface area (Å²) in [4.78, 5) is 23.8. The fraction of sp³-hybridized carbons (Fsp3) is 0.348. The van der Waals surface area contributed by atoms with Crippen molar-refractivity contribution >= 4 is 22.6 Å². The third-order valence-corrected chi connectivity index (χ3v) is 5.29. The highest BCUT2D eigenvalue weighted by atomic mass is 16.5. The molecule has 0 atom stereocenters. The molecule has 0 aliphatic carbocycles. The van der Waals surface area contributed by atoms with Crippen molar-refractivity contribution in [1.29, 1.82) is 0 Å². The molecule has 1 saturated heterocycles. The first-order valence-electron chi connectivity index (χ1n) is 10.1. The molecule has 1 aromatic heterocycles.